The van der Waals surface area contributed by atoms with Crippen LogP contribution in [0.1, 0.15) is 24.8 Å². The molecule has 1 saturated carbocycles. The minimum atomic E-state index is 0.120. The molecule has 1 amide bonds. The van der Waals surface area contributed by atoms with Crippen molar-refractivity contribution >= 4 is 5.91 Å². The van der Waals surface area contributed by atoms with E-state index in [1.165, 1.54) is 0 Å². The molecule has 21 heavy (non-hydrogen) atoms. The molecule has 3 N–H and O–H groups in total. The number of carbonyl (C=O) groups is 1. The highest BCUT2D eigenvalue weighted by molar-refractivity contribution is 5.78. The van der Waals surface area contributed by atoms with Gasteiger partial charge in [-0.15, -0.1) is 0 Å². The maximum atomic E-state index is 11.6. The van der Waals surface area contributed by atoms with Gasteiger partial charge in [0.2, 0.25) is 5.91 Å². The van der Waals surface area contributed by atoms with E-state index in [-0.39, 0.29) is 5.91 Å². The van der Waals surface area contributed by atoms with Gasteiger partial charge in [-0.05, 0) is 32.4 Å². The number of nitrogens with two attached hydrogens (primary N) is 1. The lowest BCUT2D eigenvalue weighted by Gasteiger charge is -2.16. The quantitative estimate of drug-likeness (QED) is 0.669. The Kier molecular flexibility index (Phi) is 6.02. The van der Waals surface area contributed by atoms with Gasteiger partial charge in [0.25, 0.3) is 0 Å². The highest BCUT2D eigenvalue weighted by Gasteiger charge is 2.23. The molecule has 1 aliphatic rings. The zero-order valence-corrected chi connectivity index (χ0v) is 12.7. The number of nitrogens with one attached hydrogen (secondary N) is 1. The van der Waals surface area contributed by atoms with E-state index in [0.717, 1.165) is 37.1 Å². The van der Waals surface area contributed by atoms with Crippen molar-refractivity contribution in [1.82, 2.24) is 10.2 Å². The zero-order valence-electron chi connectivity index (χ0n) is 12.7. The number of hydrogen-bond acceptors (Lipinski definition) is 4. The van der Waals surface area contributed by atoms with Crippen molar-refractivity contribution in [2.24, 2.45) is 5.73 Å². The van der Waals surface area contributed by atoms with Crippen LogP contribution in [0.5, 0.6) is 5.75 Å². The van der Waals surface area contributed by atoms with E-state index in [0.29, 0.717) is 25.7 Å². The first-order valence-electron chi connectivity index (χ1n) is 7.57. The Labute approximate surface area is 126 Å². The zero-order chi connectivity index (χ0) is 15.1. The third kappa shape index (κ3) is 5.73. The van der Waals surface area contributed by atoms with E-state index in [9.17, 15) is 4.79 Å². The second-order valence-electron chi connectivity index (χ2n) is 5.59. The van der Waals surface area contributed by atoms with Crippen LogP contribution >= 0.6 is 0 Å². The first kappa shape index (κ1) is 15.8. The number of amides is 1. The van der Waals surface area contributed by atoms with Crippen LogP contribution in [0.3, 0.4) is 0 Å². The molecule has 0 bridgehead atoms. The molecule has 0 spiro atoms. The lowest BCUT2D eigenvalue weighted by Crippen LogP contribution is -2.36. The molecule has 0 atom stereocenters. The number of ether oxygens (including phenoxy) is 1. The average Bonchev–Trinajstić information content (AvgIpc) is 3.27. The summed E-state index contributed by atoms with van der Waals surface area (Å²) in [7, 11) is 1.96. The Balaban J connectivity index is 1.61. The van der Waals surface area contributed by atoms with Crippen LogP contribution in [0, 0.1) is 0 Å². The Morgan fingerprint density at radius 2 is 2.19 bits per heavy atom. The fraction of sp³-hybridized carbons (Fsp3) is 0.562. The third-order valence-electron chi connectivity index (χ3n) is 3.49. The van der Waals surface area contributed by atoms with Crippen molar-refractivity contribution < 1.29 is 9.53 Å². The normalized spacial score (nSPS) is 14.2. The van der Waals surface area contributed by atoms with E-state index in [4.69, 9.17) is 10.5 Å². The minimum Gasteiger partial charge on any atom is -0.493 e. The predicted molar refractivity (Wildman–Crippen MR) is 83.1 cm³/mol. The summed E-state index contributed by atoms with van der Waals surface area (Å²) in [5.74, 6) is 0.975. The van der Waals surface area contributed by atoms with Crippen LogP contribution in [0.25, 0.3) is 0 Å². The topological polar surface area (TPSA) is 67.6 Å². The van der Waals surface area contributed by atoms with Crippen molar-refractivity contribution in [3.8, 4) is 5.75 Å². The SMILES string of the molecule is CN(CCCOc1ccccc1CN)CC(=O)NC1CC1. The number of rotatable bonds is 9. The van der Waals surface area contributed by atoms with Gasteiger partial charge in [0, 0.05) is 24.7 Å². The van der Waals surface area contributed by atoms with Crippen molar-refractivity contribution in [1.29, 1.82) is 0 Å². The summed E-state index contributed by atoms with van der Waals surface area (Å²) < 4.78 is 5.75. The fourth-order valence-corrected chi connectivity index (χ4v) is 2.16. The molecule has 0 unspecified atom stereocenters. The van der Waals surface area contributed by atoms with Crippen LogP contribution in [0.4, 0.5) is 0 Å². The maximum absolute atomic E-state index is 11.6. The first-order valence-corrected chi connectivity index (χ1v) is 7.57. The smallest absolute Gasteiger partial charge is 0.234 e. The van der Waals surface area contributed by atoms with Gasteiger partial charge in [0.05, 0.1) is 13.2 Å². The summed E-state index contributed by atoms with van der Waals surface area (Å²) in [6, 6.07) is 8.25. The van der Waals surface area contributed by atoms with Gasteiger partial charge in [-0.2, -0.15) is 0 Å². The Hall–Kier alpha value is -1.59. The second-order valence-corrected chi connectivity index (χ2v) is 5.59. The van der Waals surface area contributed by atoms with E-state index in [2.05, 4.69) is 5.32 Å². The number of nitrogens with zero attached hydrogens (tertiary/aromatic N) is 1. The highest BCUT2D eigenvalue weighted by Crippen LogP contribution is 2.18. The molecule has 1 aromatic carbocycles. The van der Waals surface area contributed by atoms with Gasteiger partial charge in [-0.25, -0.2) is 0 Å². The van der Waals surface area contributed by atoms with Crippen LogP contribution in [0.2, 0.25) is 0 Å². The molecule has 0 heterocycles. The first-order chi connectivity index (χ1) is 10.2. The summed E-state index contributed by atoms with van der Waals surface area (Å²) >= 11 is 0. The second kappa shape index (κ2) is 8.00. The van der Waals surface area contributed by atoms with Crippen molar-refractivity contribution in [2.45, 2.75) is 31.8 Å². The van der Waals surface area contributed by atoms with Gasteiger partial charge in [0.1, 0.15) is 5.75 Å². The molecule has 1 aromatic rings. The molecule has 5 heteroatoms. The summed E-state index contributed by atoms with van der Waals surface area (Å²) in [5.41, 5.74) is 6.69. The summed E-state index contributed by atoms with van der Waals surface area (Å²) in [6.07, 6.45) is 3.14. The largest absolute Gasteiger partial charge is 0.493 e. The fourth-order valence-electron chi connectivity index (χ4n) is 2.16. The Bertz CT molecular complexity index is 461. The molecule has 0 radical (unpaired) electrons. The monoisotopic (exact) mass is 291 g/mol. The molecule has 5 nitrogen and oxygen atoms in total. The Morgan fingerprint density at radius 3 is 2.90 bits per heavy atom. The number of hydrogen-bond donors (Lipinski definition) is 2. The van der Waals surface area contributed by atoms with E-state index in [1.54, 1.807) is 0 Å². The van der Waals surface area contributed by atoms with Gasteiger partial charge in [-0.1, -0.05) is 18.2 Å². The molecule has 0 aromatic heterocycles. The third-order valence-corrected chi connectivity index (χ3v) is 3.49. The van der Waals surface area contributed by atoms with E-state index >= 15 is 0 Å². The summed E-state index contributed by atoms with van der Waals surface area (Å²) in [5, 5.41) is 2.99. The average molecular weight is 291 g/mol. The van der Waals surface area contributed by atoms with Crippen molar-refractivity contribution in [2.75, 3.05) is 26.7 Å². The molecule has 0 aliphatic heterocycles. The number of benzene rings is 1. The van der Waals surface area contributed by atoms with Crippen LogP contribution in [-0.4, -0.2) is 43.6 Å². The molecule has 1 fully saturated rings. The van der Waals surface area contributed by atoms with Crippen LogP contribution in [-0.2, 0) is 11.3 Å². The lowest BCUT2D eigenvalue weighted by atomic mass is 10.2. The lowest BCUT2D eigenvalue weighted by molar-refractivity contribution is -0.122. The predicted octanol–water partition coefficient (Wildman–Crippen LogP) is 1.12. The molecule has 2 rings (SSSR count). The van der Waals surface area contributed by atoms with Gasteiger partial charge in [-0.3, -0.25) is 9.69 Å². The summed E-state index contributed by atoms with van der Waals surface area (Å²) in [6.45, 7) is 2.40. The van der Waals surface area contributed by atoms with Crippen LogP contribution in [0.15, 0.2) is 24.3 Å². The molecule has 1 aliphatic carbocycles. The van der Waals surface area contributed by atoms with Crippen molar-refractivity contribution in [3.05, 3.63) is 29.8 Å². The Morgan fingerprint density at radius 1 is 1.43 bits per heavy atom. The minimum absolute atomic E-state index is 0.120. The summed E-state index contributed by atoms with van der Waals surface area (Å²) in [4.78, 5) is 13.7. The standard InChI is InChI=1S/C16H25N3O2/c1-19(12-16(20)18-14-7-8-14)9-4-10-21-15-6-3-2-5-13(15)11-17/h2-3,5-6,14H,4,7-12,17H2,1H3,(H,18,20). The highest BCUT2D eigenvalue weighted by atomic mass is 16.5. The number of para-hydroxylation sites is 1. The van der Waals surface area contributed by atoms with Gasteiger partial charge < -0.3 is 15.8 Å². The molecule has 0 saturated heterocycles. The number of carbonyl (C=O) groups excluding carboxylic acids is 1. The molecule has 116 valence electrons. The van der Waals surface area contributed by atoms with Crippen molar-refractivity contribution in [3.63, 3.8) is 0 Å². The van der Waals surface area contributed by atoms with Gasteiger partial charge in [0.15, 0.2) is 0 Å². The number of likely N-dealkylation sites (N-methyl/N-ethyl adjacent to an activating group) is 1. The van der Waals surface area contributed by atoms with Gasteiger partial charge >= 0.3 is 0 Å². The van der Waals surface area contributed by atoms with E-state index in [1.807, 2.05) is 36.2 Å². The molecular formula is C16H25N3O2. The van der Waals surface area contributed by atoms with E-state index < -0.39 is 0 Å². The molecular weight excluding hydrogens is 266 g/mol. The van der Waals surface area contributed by atoms with Crippen LogP contribution < -0.4 is 15.8 Å². The maximum Gasteiger partial charge on any atom is 0.234 e.